The van der Waals surface area contributed by atoms with E-state index in [1.807, 2.05) is 25.2 Å². The Kier molecular flexibility index (Phi) is 6.15. The van der Waals surface area contributed by atoms with E-state index >= 15 is 0 Å². The second-order valence-corrected chi connectivity index (χ2v) is 4.24. The van der Waals surface area contributed by atoms with Crippen LogP contribution in [0, 0.1) is 0 Å². The Morgan fingerprint density at radius 1 is 1.29 bits per heavy atom. The number of carbonyl (C=O) groups excluding carboxylic acids is 1. The lowest BCUT2D eigenvalue weighted by Crippen LogP contribution is -2.38. The highest BCUT2D eigenvalue weighted by molar-refractivity contribution is 5.73. The second-order valence-electron chi connectivity index (χ2n) is 4.24. The second kappa shape index (κ2) is 7.71. The molecule has 0 spiro atoms. The summed E-state index contributed by atoms with van der Waals surface area (Å²) in [5, 5.41) is 2.93. The molecule has 2 amide bonds. The van der Waals surface area contributed by atoms with Crippen LogP contribution < -0.4 is 5.32 Å². The molecule has 0 heterocycles. The van der Waals surface area contributed by atoms with Crippen molar-refractivity contribution in [2.75, 3.05) is 20.1 Å². The van der Waals surface area contributed by atoms with Crippen molar-refractivity contribution in [3.63, 3.8) is 0 Å². The summed E-state index contributed by atoms with van der Waals surface area (Å²) < 4.78 is 0. The maximum atomic E-state index is 11.7. The quantitative estimate of drug-likeness (QED) is 0.806. The number of rotatable bonds is 6. The molecule has 3 nitrogen and oxygen atoms in total. The molecule has 94 valence electrons. The van der Waals surface area contributed by atoms with Crippen molar-refractivity contribution in [3.05, 3.63) is 35.9 Å². The third-order valence-electron chi connectivity index (χ3n) is 2.73. The summed E-state index contributed by atoms with van der Waals surface area (Å²) in [6, 6.07) is 10.2. The molecular formula is C14H22N2O. The van der Waals surface area contributed by atoms with Gasteiger partial charge in [-0.3, -0.25) is 0 Å². The highest BCUT2D eigenvalue weighted by atomic mass is 16.2. The number of nitrogens with zero attached hydrogens (tertiary/aromatic N) is 1. The van der Waals surface area contributed by atoms with Gasteiger partial charge in [0.15, 0.2) is 0 Å². The first kappa shape index (κ1) is 13.6. The number of benzene rings is 1. The summed E-state index contributed by atoms with van der Waals surface area (Å²) in [5.74, 6) is 0. The molecule has 1 aromatic rings. The van der Waals surface area contributed by atoms with Crippen molar-refractivity contribution in [1.82, 2.24) is 10.2 Å². The lowest BCUT2D eigenvalue weighted by molar-refractivity contribution is 0.208. The number of carbonyl (C=O) groups is 1. The number of amides is 2. The molecule has 0 radical (unpaired) electrons. The van der Waals surface area contributed by atoms with Crippen LogP contribution in [-0.4, -0.2) is 31.1 Å². The van der Waals surface area contributed by atoms with E-state index in [0.717, 1.165) is 25.8 Å². The third kappa shape index (κ3) is 5.38. The summed E-state index contributed by atoms with van der Waals surface area (Å²) in [5.41, 5.74) is 1.25. The van der Waals surface area contributed by atoms with Crippen molar-refractivity contribution in [3.8, 4) is 0 Å². The lowest BCUT2D eigenvalue weighted by atomic mass is 10.1. The predicted octanol–water partition coefficient (Wildman–Crippen LogP) is 2.67. The number of hydrogen-bond donors (Lipinski definition) is 1. The Bertz CT molecular complexity index is 324. The van der Waals surface area contributed by atoms with Crippen molar-refractivity contribution in [2.45, 2.75) is 26.2 Å². The Hall–Kier alpha value is -1.51. The van der Waals surface area contributed by atoms with E-state index in [2.05, 4.69) is 24.4 Å². The van der Waals surface area contributed by atoms with Gasteiger partial charge in [0.25, 0.3) is 0 Å². The van der Waals surface area contributed by atoms with Gasteiger partial charge in [-0.25, -0.2) is 4.79 Å². The zero-order valence-corrected chi connectivity index (χ0v) is 10.8. The average Bonchev–Trinajstić information content (AvgIpc) is 2.37. The maximum Gasteiger partial charge on any atom is 0.317 e. The first-order valence-electron chi connectivity index (χ1n) is 6.27. The van der Waals surface area contributed by atoms with Gasteiger partial charge in [-0.15, -0.1) is 0 Å². The van der Waals surface area contributed by atoms with Crippen LogP contribution in [0.5, 0.6) is 0 Å². The van der Waals surface area contributed by atoms with Crippen molar-refractivity contribution < 1.29 is 4.79 Å². The zero-order valence-electron chi connectivity index (χ0n) is 10.8. The fraction of sp³-hybridized carbons (Fsp3) is 0.500. The van der Waals surface area contributed by atoms with Crippen molar-refractivity contribution in [2.24, 2.45) is 0 Å². The van der Waals surface area contributed by atoms with Gasteiger partial charge < -0.3 is 10.2 Å². The Labute approximate surface area is 104 Å². The molecule has 0 aliphatic carbocycles. The number of nitrogens with one attached hydrogen (secondary N) is 1. The van der Waals surface area contributed by atoms with Crippen LogP contribution in [0.3, 0.4) is 0 Å². The minimum Gasteiger partial charge on any atom is -0.338 e. The maximum absolute atomic E-state index is 11.7. The molecule has 0 unspecified atom stereocenters. The molecule has 1 rings (SSSR count). The van der Waals surface area contributed by atoms with Gasteiger partial charge in [-0.1, -0.05) is 43.7 Å². The lowest BCUT2D eigenvalue weighted by Gasteiger charge is -2.17. The van der Waals surface area contributed by atoms with E-state index in [1.165, 1.54) is 5.56 Å². The van der Waals surface area contributed by atoms with Gasteiger partial charge in [-0.05, 0) is 18.4 Å². The van der Waals surface area contributed by atoms with Crippen LogP contribution >= 0.6 is 0 Å². The molecule has 0 bridgehead atoms. The summed E-state index contributed by atoms with van der Waals surface area (Å²) in [6.07, 6.45) is 3.05. The minimum absolute atomic E-state index is 0.0226. The molecule has 1 aromatic carbocycles. The van der Waals surface area contributed by atoms with Crippen LogP contribution in [0.15, 0.2) is 30.3 Å². The van der Waals surface area contributed by atoms with Gasteiger partial charge >= 0.3 is 6.03 Å². The summed E-state index contributed by atoms with van der Waals surface area (Å²) in [6.45, 7) is 3.65. The normalized spacial score (nSPS) is 10.0. The monoisotopic (exact) mass is 234 g/mol. The van der Waals surface area contributed by atoms with Crippen molar-refractivity contribution in [1.29, 1.82) is 0 Å². The molecule has 0 atom stereocenters. The van der Waals surface area contributed by atoms with Crippen LogP contribution in [0.4, 0.5) is 4.79 Å². The van der Waals surface area contributed by atoms with E-state index in [1.54, 1.807) is 4.90 Å². The minimum atomic E-state index is 0.0226. The first-order chi connectivity index (χ1) is 8.24. The standard InChI is InChI=1S/C14H22N2O/c1-3-4-12-16(2)14(17)15-11-10-13-8-6-5-7-9-13/h5-9H,3-4,10-12H2,1-2H3,(H,15,17). The summed E-state index contributed by atoms with van der Waals surface area (Å²) in [7, 11) is 1.84. The largest absolute Gasteiger partial charge is 0.338 e. The molecule has 0 aliphatic heterocycles. The predicted molar refractivity (Wildman–Crippen MR) is 71.1 cm³/mol. The average molecular weight is 234 g/mol. The van der Waals surface area contributed by atoms with E-state index in [0.29, 0.717) is 6.54 Å². The summed E-state index contributed by atoms with van der Waals surface area (Å²) in [4.78, 5) is 13.4. The summed E-state index contributed by atoms with van der Waals surface area (Å²) >= 11 is 0. The SMILES string of the molecule is CCCCN(C)C(=O)NCCc1ccccc1. The zero-order chi connectivity index (χ0) is 12.5. The van der Waals surface area contributed by atoms with Crippen LogP contribution in [0.1, 0.15) is 25.3 Å². The Balaban J connectivity index is 2.20. The molecular weight excluding hydrogens is 212 g/mol. The van der Waals surface area contributed by atoms with Gasteiger partial charge in [0.2, 0.25) is 0 Å². The Morgan fingerprint density at radius 3 is 2.65 bits per heavy atom. The van der Waals surface area contributed by atoms with Gasteiger partial charge in [0, 0.05) is 20.1 Å². The van der Waals surface area contributed by atoms with E-state index in [-0.39, 0.29) is 6.03 Å². The van der Waals surface area contributed by atoms with Gasteiger partial charge in [0.05, 0.1) is 0 Å². The molecule has 0 fully saturated rings. The Morgan fingerprint density at radius 2 is 2.00 bits per heavy atom. The molecule has 0 aliphatic rings. The number of hydrogen-bond acceptors (Lipinski definition) is 1. The van der Waals surface area contributed by atoms with Crippen LogP contribution in [0.2, 0.25) is 0 Å². The molecule has 17 heavy (non-hydrogen) atoms. The van der Waals surface area contributed by atoms with Crippen molar-refractivity contribution >= 4 is 6.03 Å². The number of urea groups is 1. The van der Waals surface area contributed by atoms with E-state index in [9.17, 15) is 4.79 Å². The topological polar surface area (TPSA) is 32.3 Å². The number of unbranched alkanes of at least 4 members (excludes halogenated alkanes) is 1. The fourth-order valence-corrected chi connectivity index (χ4v) is 1.59. The van der Waals surface area contributed by atoms with E-state index in [4.69, 9.17) is 0 Å². The van der Waals surface area contributed by atoms with E-state index < -0.39 is 0 Å². The van der Waals surface area contributed by atoms with Crippen LogP contribution in [0.25, 0.3) is 0 Å². The van der Waals surface area contributed by atoms with Gasteiger partial charge in [-0.2, -0.15) is 0 Å². The third-order valence-corrected chi connectivity index (χ3v) is 2.73. The smallest absolute Gasteiger partial charge is 0.317 e. The van der Waals surface area contributed by atoms with Gasteiger partial charge in [0.1, 0.15) is 0 Å². The van der Waals surface area contributed by atoms with Crippen LogP contribution in [-0.2, 0) is 6.42 Å². The molecule has 3 heteroatoms. The highest BCUT2D eigenvalue weighted by Gasteiger charge is 2.05. The molecule has 0 saturated heterocycles. The molecule has 0 saturated carbocycles. The first-order valence-corrected chi connectivity index (χ1v) is 6.27. The fourth-order valence-electron chi connectivity index (χ4n) is 1.59. The molecule has 1 N–H and O–H groups in total. The highest BCUT2D eigenvalue weighted by Crippen LogP contribution is 1.98. The molecule has 0 aromatic heterocycles.